The fraction of sp³-hybridized carbons (Fsp3) is 0.875. The van der Waals surface area contributed by atoms with Gasteiger partial charge in [-0.15, -0.1) is 0 Å². The molecule has 0 aliphatic rings. The first kappa shape index (κ1) is 19.7. The van der Waals surface area contributed by atoms with Crippen molar-refractivity contribution in [3.63, 3.8) is 0 Å². The summed E-state index contributed by atoms with van der Waals surface area (Å²) >= 11 is 0. The number of carbonyl (C=O) groups is 2. The molecule has 0 aromatic rings. The lowest BCUT2D eigenvalue weighted by molar-refractivity contribution is -0.122. The second-order valence-electron chi connectivity index (χ2n) is 8.35. The van der Waals surface area contributed by atoms with E-state index in [9.17, 15) is 9.59 Å². The zero-order valence-electron chi connectivity index (χ0n) is 14.8. The SMILES string of the molecule is CC(C)(C)CC(C)(C)NC(=O)CCNC(=O)OC(C)(C)C. The molecular weight excluding hydrogens is 268 g/mol. The third-order valence-electron chi connectivity index (χ3n) is 2.47. The summed E-state index contributed by atoms with van der Waals surface area (Å²) in [5.41, 5.74) is -0.645. The maximum absolute atomic E-state index is 11.9. The molecule has 0 radical (unpaired) electrons. The molecule has 0 aromatic heterocycles. The first-order valence-corrected chi connectivity index (χ1v) is 7.48. The molecule has 2 N–H and O–H groups in total. The van der Waals surface area contributed by atoms with Gasteiger partial charge in [-0.05, 0) is 46.5 Å². The third kappa shape index (κ3) is 12.2. The van der Waals surface area contributed by atoms with Crippen LogP contribution in [0.2, 0.25) is 0 Å². The highest BCUT2D eigenvalue weighted by Gasteiger charge is 2.26. The molecule has 21 heavy (non-hydrogen) atoms. The van der Waals surface area contributed by atoms with Crippen molar-refractivity contribution in [3.8, 4) is 0 Å². The van der Waals surface area contributed by atoms with E-state index in [0.717, 1.165) is 6.42 Å². The molecule has 0 spiro atoms. The van der Waals surface area contributed by atoms with Gasteiger partial charge in [-0.25, -0.2) is 4.79 Å². The Morgan fingerprint density at radius 1 is 0.952 bits per heavy atom. The van der Waals surface area contributed by atoms with Gasteiger partial charge in [-0.2, -0.15) is 0 Å². The highest BCUT2D eigenvalue weighted by atomic mass is 16.6. The van der Waals surface area contributed by atoms with E-state index in [1.807, 2.05) is 13.8 Å². The molecule has 0 saturated carbocycles. The third-order valence-corrected chi connectivity index (χ3v) is 2.47. The molecule has 0 aromatic carbocycles. The van der Waals surface area contributed by atoms with Gasteiger partial charge in [0.25, 0.3) is 0 Å². The van der Waals surface area contributed by atoms with Crippen molar-refractivity contribution < 1.29 is 14.3 Å². The minimum atomic E-state index is -0.527. The van der Waals surface area contributed by atoms with E-state index in [1.165, 1.54) is 0 Å². The number of alkyl carbamates (subject to hydrolysis) is 1. The van der Waals surface area contributed by atoms with E-state index in [-0.39, 0.29) is 29.8 Å². The molecule has 0 heterocycles. The monoisotopic (exact) mass is 300 g/mol. The van der Waals surface area contributed by atoms with Crippen molar-refractivity contribution in [2.75, 3.05) is 6.54 Å². The Morgan fingerprint density at radius 3 is 1.90 bits per heavy atom. The fourth-order valence-electron chi connectivity index (χ4n) is 2.40. The maximum atomic E-state index is 11.9. The Balaban J connectivity index is 4.09. The number of amides is 2. The van der Waals surface area contributed by atoms with Crippen molar-refractivity contribution in [1.29, 1.82) is 0 Å². The van der Waals surface area contributed by atoms with Gasteiger partial charge >= 0.3 is 6.09 Å². The Bertz CT molecular complexity index is 363. The maximum Gasteiger partial charge on any atom is 0.407 e. The van der Waals surface area contributed by atoms with Crippen LogP contribution in [0.25, 0.3) is 0 Å². The Hall–Kier alpha value is -1.26. The first-order chi connectivity index (χ1) is 9.20. The predicted molar refractivity (Wildman–Crippen MR) is 85.1 cm³/mol. The van der Waals surface area contributed by atoms with Crippen molar-refractivity contribution in [2.45, 2.75) is 79.4 Å². The summed E-state index contributed by atoms with van der Waals surface area (Å²) in [6, 6.07) is 0. The summed E-state index contributed by atoms with van der Waals surface area (Å²) in [7, 11) is 0. The first-order valence-electron chi connectivity index (χ1n) is 7.48. The quantitative estimate of drug-likeness (QED) is 0.819. The lowest BCUT2D eigenvalue weighted by atomic mass is 9.82. The second kappa shape index (κ2) is 7.14. The summed E-state index contributed by atoms with van der Waals surface area (Å²) in [5, 5.41) is 5.59. The van der Waals surface area contributed by atoms with Crippen molar-refractivity contribution in [1.82, 2.24) is 10.6 Å². The minimum Gasteiger partial charge on any atom is -0.444 e. The number of rotatable bonds is 5. The van der Waals surface area contributed by atoms with E-state index in [4.69, 9.17) is 4.74 Å². The molecule has 0 atom stereocenters. The van der Waals surface area contributed by atoms with Crippen LogP contribution in [0.4, 0.5) is 4.79 Å². The average molecular weight is 300 g/mol. The van der Waals surface area contributed by atoms with E-state index in [1.54, 1.807) is 20.8 Å². The van der Waals surface area contributed by atoms with Crippen molar-refractivity contribution in [3.05, 3.63) is 0 Å². The highest BCUT2D eigenvalue weighted by molar-refractivity contribution is 5.77. The van der Waals surface area contributed by atoms with Crippen LogP contribution in [0.15, 0.2) is 0 Å². The zero-order valence-corrected chi connectivity index (χ0v) is 14.8. The van der Waals surface area contributed by atoms with Gasteiger partial charge in [0.1, 0.15) is 5.60 Å². The van der Waals surface area contributed by atoms with Gasteiger partial charge in [0.15, 0.2) is 0 Å². The van der Waals surface area contributed by atoms with Gasteiger partial charge in [0.05, 0.1) is 0 Å². The topological polar surface area (TPSA) is 67.4 Å². The lowest BCUT2D eigenvalue weighted by Gasteiger charge is -2.33. The molecule has 0 aliphatic carbocycles. The Labute approximate surface area is 129 Å². The molecule has 0 rings (SSSR count). The van der Waals surface area contributed by atoms with E-state index >= 15 is 0 Å². The van der Waals surface area contributed by atoms with Crippen molar-refractivity contribution >= 4 is 12.0 Å². The minimum absolute atomic E-state index is 0.0692. The second-order valence-corrected chi connectivity index (χ2v) is 8.35. The molecule has 0 saturated heterocycles. The highest BCUT2D eigenvalue weighted by Crippen LogP contribution is 2.26. The molecule has 0 fully saturated rings. The van der Waals surface area contributed by atoms with E-state index in [2.05, 4.69) is 31.4 Å². The van der Waals surface area contributed by atoms with Crippen LogP contribution in [0, 0.1) is 5.41 Å². The predicted octanol–water partition coefficient (Wildman–Crippen LogP) is 3.23. The van der Waals surface area contributed by atoms with Gasteiger partial charge in [0, 0.05) is 18.5 Å². The van der Waals surface area contributed by atoms with Crippen LogP contribution in [0.3, 0.4) is 0 Å². The van der Waals surface area contributed by atoms with Crippen LogP contribution < -0.4 is 10.6 Å². The number of carbonyl (C=O) groups excluding carboxylic acids is 2. The normalized spacial score (nSPS) is 12.8. The molecule has 2 amide bonds. The lowest BCUT2D eigenvalue weighted by Crippen LogP contribution is -2.46. The largest absolute Gasteiger partial charge is 0.444 e. The Morgan fingerprint density at radius 2 is 1.48 bits per heavy atom. The van der Waals surface area contributed by atoms with Crippen LogP contribution in [0.5, 0.6) is 0 Å². The Kier molecular flexibility index (Phi) is 6.71. The number of ether oxygens (including phenoxy) is 1. The van der Waals surface area contributed by atoms with Crippen LogP contribution in [-0.2, 0) is 9.53 Å². The summed E-state index contributed by atoms with van der Waals surface area (Å²) in [5.74, 6) is -0.0692. The average Bonchev–Trinajstić information content (AvgIpc) is 2.08. The van der Waals surface area contributed by atoms with Gasteiger partial charge in [-0.3, -0.25) is 4.79 Å². The summed E-state index contributed by atoms with van der Waals surface area (Å²) < 4.78 is 5.10. The van der Waals surface area contributed by atoms with Crippen LogP contribution in [0.1, 0.15) is 68.2 Å². The zero-order chi connectivity index (χ0) is 16.9. The molecule has 0 unspecified atom stereocenters. The molecule has 5 nitrogen and oxygen atoms in total. The molecule has 0 bridgehead atoms. The number of nitrogens with one attached hydrogen (secondary N) is 2. The molecular formula is C16H32N2O3. The fourth-order valence-corrected chi connectivity index (χ4v) is 2.40. The number of hydrogen-bond donors (Lipinski definition) is 2. The van der Waals surface area contributed by atoms with Crippen LogP contribution in [-0.4, -0.2) is 29.7 Å². The smallest absolute Gasteiger partial charge is 0.407 e. The number of hydrogen-bond acceptors (Lipinski definition) is 3. The van der Waals surface area contributed by atoms with E-state index < -0.39 is 11.7 Å². The summed E-state index contributed by atoms with van der Waals surface area (Å²) in [6.45, 7) is 16.1. The van der Waals surface area contributed by atoms with Gasteiger partial charge in [-0.1, -0.05) is 20.8 Å². The summed E-state index contributed by atoms with van der Waals surface area (Å²) in [6.07, 6.45) is 0.627. The van der Waals surface area contributed by atoms with E-state index in [0.29, 0.717) is 0 Å². The standard InChI is InChI=1S/C16H32N2O3/c1-14(2,3)11-16(7,8)18-12(19)9-10-17-13(20)21-15(4,5)6/h9-11H2,1-8H3,(H,17,20)(H,18,19). The van der Waals surface area contributed by atoms with Crippen molar-refractivity contribution in [2.24, 2.45) is 5.41 Å². The van der Waals surface area contributed by atoms with Crippen LogP contribution >= 0.6 is 0 Å². The molecule has 5 heteroatoms. The van der Waals surface area contributed by atoms with Gasteiger partial charge in [0.2, 0.25) is 5.91 Å². The van der Waals surface area contributed by atoms with Gasteiger partial charge < -0.3 is 15.4 Å². The molecule has 124 valence electrons. The molecule has 0 aliphatic heterocycles. The summed E-state index contributed by atoms with van der Waals surface area (Å²) in [4.78, 5) is 23.4.